The minimum atomic E-state index is -0.0655. The van der Waals surface area contributed by atoms with Gasteiger partial charge in [0.05, 0.1) is 12.0 Å². The summed E-state index contributed by atoms with van der Waals surface area (Å²) in [6.07, 6.45) is 7.23. The smallest absolute Gasteiger partial charge is 0.266 e. The third kappa shape index (κ3) is 3.83. The molecule has 1 amide bonds. The third-order valence-corrected chi connectivity index (χ3v) is 4.23. The van der Waals surface area contributed by atoms with Gasteiger partial charge in [0.25, 0.3) is 5.91 Å². The van der Waals surface area contributed by atoms with Crippen molar-refractivity contribution in [2.75, 3.05) is 13.7 Å². The molecule has 1 aliphatic heterocycles. The standard InChI is InChI=1S/C16H15NO2S2/c1-3-11-17-15(18)14(21-16(17)20)6-4-5-12-7-9-13(19-2)10-8-12/h3-10H,1,11H2,2H3/b5-4+,14-6-. The van der Waals surface area contributed by atoms with Crippen LogP contribution in [0.1, 0.15) is 5.56 Å². The number of carbonyl (C=O) groups excluding carboxylic acids is 1. The van der Waals surface area contributed by atoms with Crippen molar-refractivity contribution in [3.63, 3.8) is 0 Å². The third-order valence-electron chi connectivity index (χ3n) is 2.84. The number of nitrogens with zero attached hydrogens (tertiary/aromatic N) is 1. The maximum absolute atomic E-state index is 12.1. The van der Waals surface area contributed by atoms with E-state index in [4.69, 9.17) is 17.0 Å². The van der Waals surface area contributed by atoms with Crippen LogP contribution in [0, 0.1) is 0 Å². The summed E-state index contributed by atoms with van der Waals surface area (Å²) in [5.41, 5.74) is 1.04. The van der Waals surface area contributed by atoms with Gasteiger partial charge < -0.3 is 4.74 Å². The first-order valence-electron chi connectivity index (χ1n) is 6.32. The van der Waals surface area contributed by atoms with Crippen molar-refractivity contribution in [3.05, 3.63) is 59.5 Å². The molecule has 1 heterocycles. The van der Waals surface area contributed by atoms with E-state index in [0.29, 0.717) is 15.8 Å². The summed E-state index contributed by atoms with van der Waals surface area (Å²) in [5, 5.41) is 0. The monoisotopic (exact) mass is 317 g/mol. The van der Waals surface area contributed by atoms with Crippen LogP contribution >= 0.6 is 24.0 Å². The minimum Gasteiger partial charge on any atom is -0.497 e. The van der Waals surface area contributed by atoms with Crippen LogP contribution in [-0.4, -0.2) is 28.8 Å². The average Bonchev–Trinajstić information content (AvgIpc) is 2.76. The lowest BCUT2D eigenvalue weighted by atomic mass is 10.2. The van der Waals surface area contributed by atoms with Crippen LogP contribution in [0.4, 0.5) is 0 Å². The van der Waals surface area contributed by atoms with Crippen molar-refractivity contribution in [1.82, 2.24) is 4.90 Å². The van der Waals surface area contributed by atoms with E-state index >= 15 is 0 Å². The molecule has 0 aromatic heterocycles. The molecule has 0 aliphatic carbocycles. The van der Waals surface area contributed by atoms with E-state index in [1.54, 1.807) is 24.2 Å². The molecule has 3 nitrogen and oxygen atoms in total. The minimum absolute atomic E-state index is 0.0655. The number of ether oxygens (including phenoxy) is 1. The summed E-state index contributed by atoms with van der Waals surface area (Å²) in [4.78, 5) is 14.3. The summed E-state index contributed by atoms with van der Waals surface area (Å²) in [6.45, 7) is 4.08. The number of thiocarbonyl (C=S) groups is 1. The lowest BCUT2D eigenvalue weighted by Crippen LogP contribution is -2.27. The number of hydrogen-bond acceptors (Lipinski definition) is 4. The van der Waals surface area contributed by atoms with Crippen LogP contribution < -0.4 is 4.74 Å². The quantitative estimate of drug-likeness (QED) is 0.471. The molecule has 0 N–H and O–H groups in total. The van der Waals surface area contributed by atoms with Crippen LogP contribution in [0.15, 0.2) is 54.0 Å². The van der Waals surface area contributed by atoms with Crippen molar-refractivity contribution in [1.29, 1.82) is 0 Å². The maximum atomic E-state index is 12.1. The van der Waals surface area contributed by atoms with Crippen molar-refractivity contribution in [3.8, 4) is 5.75 Å². The molecule has 1 aromatic carbocycles. The Bertz CT molecular complexity index is 618. The van der Waals surface area contributed by atoms with Crippen LogP contribution in [-0.2, 0) is 4.79 Å². The molecule has 5 heteroatoms. The predicted molar refractivity (Wildman–Crippen MR) is 92.2 cm³/mol. The highest BCUT2D eigenvalue weighted by Gasteiger charge is 2.30. The zero-order chi connectivity index (χ0) is 15.2. The molecule has 0 spiro atoms. The molecule has 21 heavy (non-hydrogen) atoms. The fourth-order valence-corrected chi connectivity index (χ4v) is 2.99. The van der Waals surface area contributed by atoms with Crippen LogP contribution in [0.2, 0.25) is 0 Å². The molecule has 1 aliphatic rings. The summed E-state index contributed by atoms with van der Waals surface area (Å²) >= 11 is 6.49. The largest absolute Gasteiger partial charge is 0.497 e. The second kappa shape index (κ2) is 7.24. The first kappa shape index (κ1) is 15.5. The number of hydrogen-bond donors (Lipinski definition) is 0. The fraction of sp³-hybridized carbons (Fsp3) is 0.125. The predicted octanol–water partition coefficient (Wildman–Crippen LogP) is 3.64. The van der Waals surface area contributed by atoms with Crippen molar-refractivity contribution < 1.29 is 9.53 Å². The molecule has 0 saturated carbocycles. The second-order valence-corrected chi connectivity index (χ2v) is 5.91. The summed E-state index contributed by atoms with van der Waals surface area (Å²) in [6, 6.07) is 7.69. The Morgan fingerprint density at radius 1 is 1.38 bits per heavy atom. The van der Waals surface area contributed by atoms with E-state index < -0.39 is 0 Å². The van der Waals surface area contributed by atoms with Crippen LogP contribution in [0.3, 0.4) is 0 Å². The Kier molecular flexibility index (Phi) is 5.36. The number of carbonyl (C=O) groups is 1. The Morgan fingerprint density at radius 3 is 2.71 bits per heavy atom. The Morgan fingerprint density at radius 2 is 2.10 bits per heavy atom. The maximum Gasteiger partial charge on any atom is 0.266 e. The van der Waals surface area contributed by atoms with E-state index in [1.807, 2.05) is 36.4 Å². The van der Waals surface area contributed by atoms with Gasteiger partial charge in [-0.1, -0.05) is 54.3 Å². The average molecular weight is 317 g/mol. The first-order chi connectivity index (χ1) is 10.2. The summed E-state index contributed by atoms with van der Waals surface area (Å²) in [7, 11) is 1.64. The van der Waals surface area contributed by atoms with Gasteiger partial charge in [-0.2, -0.15) is 0 Å². The highest BCUT2D eigenvalue weighted by Crippen LogP contribution is 2.30. The summed E-state index contributed by atoms with van der Waals surface area (Å²) in [5.74, 6) is 0.752. The number of methoxy groups -OCH3 is 1. The van der Waals surface area contributed by atoms with Crippen molar-refractivity contribution >= 4 is 40.3 Å². The van der Waals surface area contributed by atoms with E-state index in [0.717, 1.165) is 11.3 Å². The molecule has 1 fully saturated rings. The number of allylic oxidation sites excluding steroid dienone is 2. The number of amides is 1. The van der Waals surface area contributed by atoms with Gasteiger partial charge >= 0.3 is 0 Å². The molecule has 0 unspecified atom stereocenters. The van der Waals surface area contributed by atoms with E-state index in [2.05, 4.69) is 6.58 Å². The number of rotatable bonds is 5. The van der Waals surface area contributed by atoms with Gasteiger partial charge in [-0.05, 0) is 23.8 Å². The van der Waals surface area contributed by atoms with Crippen molar-refractivity contribution in [2.45, 2.75) is 0 Å². The Labute approximate surface area is 134 Å². The molecule has 0 bridgehead atoms. The van der Waals surface area contributed by atoms with E-state index in [1.165, 1.54) is 11.8 Å². The molecule has 0 radical (unpaired) electrons. The first-order valence-corrected chi connectivity index (χ1v) is 7.55. The normalized spacial score (nSPS) is 17.0. The molecular weight excluding hydrogens is 302 g/mol. The molecule has 1 aromatic rings. The molecule has 108 valence electrons. The van der Waals surface area contributed by atoms with Crippen LogP contribution in [0.5, 0.6) is 5.75 Å². The molecule has 1 saturated heterocycles. The van der Waals surface area contributed by atoms with Gasteiger partial charge in [0.15, 0.2) is 0 Å². The summed E-state index contributed by atoms with van der Waals surface area (Å²) < 4.78 is 5.68. The fourth-order valence-electron chi connectivity index (χ4n) is 1.76. The highest BCUT2D eigenvalue weighted by atomic mass is 32.2. The van der Waals surface area contributed by atoms with E-state index in [-0.39, 0.29) is 5.91 Å². The molecule has 0 atom stereocenters. The Balaban J connectivity index is 2.06. The molecular formula is C16H15NO2S2. The zero-order valence-corrected chi connectivity index (χ0v) is 13.2. The number of thioether (sulfide) groups is 1. The lowest BCUT2D eigenvalue weighted by molar-refractivity contribution is -0.121. The van der Waals surface area contributed by atoms with Gasteiger partial charge in [0.2, 0.25) is 0 Å². The topological polar surface area (TPSA) is 29.5 Å². The lowest BCUT2D eigenvalue weighted by Gasteiger charge is -2.10. The Hall–Kier alpha value is -1.85. The molecule has 2 rings (SSSR count). The van der Waals surface area contributed by atoms with Crippen LogP contribution in [0.25, 0.3) is 6.08 Å². The second-order valence-electron chi connectivity index (χ2n) is 4.24. The van der Waals surface area contributed by atoms with Gasteiger partial charge in [-0.3, -0.25) is 9.69 Å². The highest BCUT2D eigenvalue weighted by molar-refractivity contribution is 8.26. The zero-order valence-electron chi connectivity index (χ0n) is 11.6. The van der Waals surface area contributed by atoms with Crippen molar-refractivity contribution in [2.24, 2.45) is 0 Å². The SMILES string of the molecule is C=CCN1C(=O)/C(=C/C=C/c2ccc(OC)cc2)SC1=S. The van der Waals surface area contributed by atoms with Gasteiger partial charge in [0.1, 0.15) is 10.1 Å². The van der Waals surface area contributed by atoms with Gasteiger partial charge in [-0.25, -0.2) is 0 Å². The number of benzene rings is 1. The van der Waals surface area contributed by atoms with Gasteiger partial charge in [0, 0.05) is 6.54 Å². The van der Waals surface area contributed by atoms with Gasteiger partial charge in [-0.15, -0.1) is 6.58 Å². The van der Waals surface area contributed by atoms with E-state index in [9.17, 15) is 4.79 Å².